The minimum Gasteiger partial charge on any atom is -0.357 e. The molecule has 0 saturated heterocycles. The maximum atomic E-state index is 14.2. The normalized spacial score (nSPS) is 12.2. The van der Waals surface area contributed by atoms with Crippen molar-refractivity contribution in [2.45, 2.75) is 19.5 Å². The van der Waals surface area contributed by atoms with Crippen LogP contribution in [0, 0.1) is 5.82 Å². The topological polar surface area (TPSA) is 86.8 Å². The molecule has 2 rings (SSSR count). The summed E-state index contributed by atoms with van der Waals surface area (Å²) >= 11 is 3.28. The molecular formula is C20H23BrFN3O4S. The molecule has 0 aliphatic rings. The van der Waals surface area contributed by atoms with Crippen LogP contribution in [-0.2, 0) is 26.2 Å². The predicted octanol–water partition coefficient (Wildman–Crippen LogP) is 2.52. The summed E-state index contributed by atoms with van der Waals surface area (Å²) in [7, 11) is -2.38. The van der Waals surface area contributed by atoms with E-state index in [9.17, 15) is 22.4 Å². The van der Waals surface area contributed by atoms with Gasteiger partial charge in [-0.2, -0.15) is 0 Å². The second-order valence-corrected chi connectivity index (χ2v) is 9.48. The highest BCUT2D eigenvalue weighted by molar-refractivity contribution is 9.10. The molecule has 0 aliphatic heterocycles. The molecule has 0 aliphatic carbocycles. The summed E-state index contributed by atoms with van der Waals surface area (Å²) in [6.45, 7) is 0.780. The summed E-state index contributed by atoms with van der Waals surface area (Å²) in [6.07, 6.45) is 0.991. The Bertz CT molecular complexity index is 1030. The van der Waals surface area contributed by atoms with Gasteiger partial charge in [0.1, 0.15) is 18.4 Å². The van der Waals surface area contributed by atoms with E-state index in [4.69, 9.17) is 0 Å². The van der Waals surface area contributed by atoms with Gasteiger partial charge < -0.3 is 10.2 Å². The molecule has 0 fully saturated rings. The summed E-state index contributed by atoms with van der Waals surface area (Å²) in [4.78, 5) is 26.5. The van der Waals surface area contributed by atoms with Gasteiger partial charge in [0.25, 0.3) is 0 Å². The zero-order valence-corrected chi connectivity index (χ0v) is 19.2. The Morgan fingerprint density at radius 2 is 1.83 bits per heavy atom. The second kappa shape index (κ2) is 10.0. The number of carbonyl (C=O) groups excluding carboxylic acids is 2. The number of nitrogens with zero attached hydrogens (tertiary/aromatic N) is 2. The van der Waals surface area contributed by atoms with Crippen LogP contribution >= 0.6 is 15.9 Å². The molecule has 2 aromatic carbocycles. The highest BCUT2D eigenvalue weighted by Gasteiger charge is 2.30. The number of likely N-dealkylation sites (N-methyl/N-ethyl adjacent to an activating group) is 1. The van der Waals surface area contributed by atoms with Crippen molar-refractivity contribution in [1.29, 1.82) is 0 Å². The third-order valence-corrected chi connectivity index (χ3v) is 6.12. The third kappa shape index (κ3) is 6.02. The first-order chi connectivity index (χ1) is 14.0. The predicted molar refractivity (Wildman–Crippen MR) is 117 cm³/mol. The molecule has 10 heteroatoms. The van der Waals surface area contributed by atoms with E-state index in [0.717, 1.165) is 15.5 Å². The molecule has 1 N–H and O–H groups in total. The van der Waals surface area contributed by atoms with Crippen LogP contribution in [0.5, 0.6) is 0 Å². The largest absolute Gasteiger partial charge is 0.357 e. The molecule has 0 aromatic heterocycles. The quantitative estimate of drug-likeness (QED) is 0.604. The molecule has 0 saturated carbocycles. The lowest BCUT2D eigenvalue weighted by Gasteiger charge is -2.31. The Morgan fingerprint density at radius 1 is 1.17 bits per heavy atom. The number of rotatable bonds is 8. The van der Waals surface area contributed by atoms with Gasteiger partial charge in [0.05, 0.1) is 11.9 Å². The van der Waals surface area contributed by atoms with Crippen LogP contribution in [0.15, 0.2) is 53.0 Å². The molecule has 7 nitrogen and oxygen atoms in total. The van der Waals surface area contributed by atoms with E-state index >= 15 is 0 Å². The molecule has 1 atom stereocenters. The van der Waals surface area contributed by atoms with Gasteiger partial charge in [-0.3, -0.25) is 13.9 Å². The number of halogens is 2. The standard InChI is InChI=1S/C20H23BrFN3O4S/c1-14(20(27)23-2)24(12-15-7-4-5-10-18(15)22)19(26)13-25(30(3,28)29)17-9-6-8-16(21)11-17/h4-11,14H,12-13H2,1-3H3,(H,23,27)/t14-/m1/s1. The fraction of sp³-hybridized carbons (Fsp3) is 0.300. The zero-order chi connectivity index (χ0) is 22.5. The number of amides is 2. The summed E-state index contributed by atoms with van der Waals surface area (Å²) < 4.78 is 40.5. The van der Waals surface area contributed by atoms with Gasteiger partial charge in [0, 0.05) is 23.6 Å². The minimum absolute atomic E-state index is 0.184. The molecule has 2 amide bonds. The van der Waals surface area contributed by atoms with E-state index in [1.165, 1.54) is 32.2 Å². The van der Waals surface area contributed by atoms with Crippen molar-refractivity contribution in [3.05, 3.63) is 64.4 Å². The van der Waals surface area contributed by atoms with Crippen molar-refractivity contribution in [2.75, 3.05) is 24.2 Å². The van der Waals surface area contributed by atoms with Gasteiger partial charge in [-0.1, -0.05) is 40.2 Å². The SMILES string of the molecule is CNC(=O)[C@@H](C)N(Cc1ccccc1F)C(=O)CN(c1cccc(Br)c1)S(C)(=O)=O. The molecule has 0 bridgehead atoms. The molecular weight excluding hydrogens is 477 g/mol. The molecule has 0 unspecified atom stereocenters. The summed E-state index contributed by atoms with van der Waals surface area (Å²) in [5, 5.41) is 2.46. The highest BCUT2D eigenvalue weighted by Crippen LogP contribution is 2.23. The van der Waals surface area contributed by atoms with Crippen LogP contribution < -0.4 is 9.62 Å². The first kappa shape index (κ1) is 23.8. The average Bonchev–Trinajstić information content (AvgIpc) is 2.69. The lowest BCUT2D eigenvalue weighted by atomic mass is 10.1. The van der Waals surface area contributed by atoms with Gasteiger partial charge in [-0.25, -0.2) is 12.8 Å². The van der Waals surface area contributed by atoms with Crippen LogP contribution in [0.4, 0.5) is 10.1 Å². The molecule has 0 heterocycles. The zero-order valence-electron chi connectivity index (χ0n) is 16.8. The van der Waals surface area contributed by atoms with Crippen molar-refractivity contribution in [2.24, 2.45) is 0 Å². The van der Waals surface area contributed by atoms with Gasteiger partial charge >= 0.3 is 0 Å². The summed E-state index contributed by atoms with van der Waals surface area (Å²) in [5.74, 6) is -1.61. The summed E-state index contributed by atoms with van der Waals surface area (Å²) in [5.41, 5.74) is 0.508. The van der Waals surface area contributed by atoms with Crippen molar-refractivity contribution in [3.8, 4) is 0 Å². The van der Waals surface area contributed by atoms with Crippen molar-refractivity contribution >= 4 is 43.5 Å². The summed E-state index contributed by atoms with van der Waals surface area (Å²) in [6, 6.07) is 11.5. The van der Waals surface area contributed by atoms with E-state index < -0.39 is 40.2 Å². The van der Waals surface area contributed by atoms with Gasteiger partial charge in [-0.15, -0.1) is 0 Å². The highest BCUT2D eigenvalue weighted by atomic mass is 79.9. The van der Waals surface area contributed by atoms with Crippen LogP contribution in [0.25, 0.3) is 0 Å². The van der Waals surface area contributed by atoms with E-state index in [-0.39, 0.29) is 12.1 Å². The lowest BCUT2D eigenvalue weighted by molar-refractivity contribution is -0.139. The fourth-order valence-corrected chi connectivity index (χ4v) is 4.08. The molecule has 0 spiro atoms. The Kier molecular flexibility index (Phi) is 7.96. The van der Waals surface area contributed by atoms with E-state index in [1.807, 2.05) is 0 Å². The van der Waals surface area contributed by atoms with Crippen LogP contribution in [-0.4, -0.2) is 51.0 Å². The van der Waals surface area contributed by atoms with Gasteiger partial charge in [-0.05, 0) is 31.2 Å². The van der Waals surface area contributed by atoms with Gasteiger partial charge in [0.15, 0.2) is 0 Å². The van der Waals surface area contributed by atoms with E-state index in [2.05, 4.69) is 21.2 Å². The lowest BCUT2D eigenvalue weighted by Crippen LogP contribution is -2.50. The Balaban J connectivity index is 2.40. The van der Waals surface area contributed by atoms with Crippen molar-refractivity contribution in [3.63, 3.8) is 0 Å². The van der Waals surface area contributed by atoms with Gasteiger partial charge in [0.2, 0.25) is 21.8 Å². The van der Waals surface area contributed by atoms with Crippen molar-refractivity contribution in [1.82, 2.24) is 10.2 Å². The number of carbonyl (C=O) groups is 2. The number of nitrogens with one attached hydrogen (secondary N) is 1. The Hall–Kier alpha value is -2.46. The van der Waals surface area contributed by atoms with E-state index in [0.29, 0.717) is 10.2 Å². The Morgan fingerprint density at radius 3 is 2.40 bits per heavy atom. The molecule has 162 valence electrons. The Labute approximate surface area is 184 Å². The number of benzene rings is 2. The average molecular weight is 500 g/mol. The number of hydrogen-bond donors (Lipinski definition) is 1. The number of anilines is 1. The number of hydrogen-bond acceptors (Lipinski definition) is 4. The monoisotopic (exact) mass is 499 g/mol. The first-order valence-electron chi connectivity index (χ1n) is 9.02. The smallest absolute Gasteiger partial charge is 0.244 e. The van der Waals surface area contributed by atoms with Crippen LogP contribution in [0.2, 0.25) is 0 Å². The minimum atomic E-state index is -3.81. The molecule has 2 aromatic rings. The van der Waals surface area contributed by atoms with Crippen LogP contribution in [0.3, 0.4) is 0 Å². The molecule has 30 heavy (non-hydrogen) atoms. The fourth-order valence-electron chi connectivity index (χ4n) is 2.85. The molecule has 0 radical (unpaired) electrons. The number of sulfonamides is 1. The maximum Gasteiger partial charge on any atom is 0.244 e. The van der Waals surface area contributed by atoms with Crippen LogP contribution in [0.1, 0.15) is 12.5 Å². The van der Waals surface area contributed by atoms with Crippen molar-refractivity contribution < 1.29 is 22.4 Å². The second-order valence-electron chi connectivity index (χ2n) is 6.65. The van der Waals surface area contributed by atoms with E-state index in [1.54, 1.807) is 30.3 Å². The first-order valence-corrected chi connectivity index (χ1v) is 11.7. The third-order valence-electron chi connectivity index (χ3n) is 4.49. The maximum absolute atomic E-state index is 14.2.